The van der Waals surface area contributed by atoms with Crippen molar-refractivity contribution in [3.63, 3.8) is 0 Å². The molecule has 2 saturated heterocycles. The van der Waals surface area contributed by atoms with Gasteiger partial charge in [0.25, 0.3) is 0 Å². The molecule has 2 atom stereocenters. The number of hydrogen-bond donors (Lipinski definition) is 1. The fraction of sp³-hybridized carbons (Fsp3) is 0.591. The van der Waals surface area contributed by atoms with Crippen LogP contribution in [-0.4, -0.2) is 58.7 Å². The predicted molar refractivity (Wildman–Crippen MR) is 106 cm³/mol. The lowest BCUT2D eigenvalue weighted by Crippen LogP contribution is -2.35. The summed E-state index contributed by atoms with van der Waals surface area (Å²) in [6, 6.07) is 10.5. The van der Waals surface area contributed by atoms with Crippen LogP contribution in [0.15, 0.2) is 42.7 Å². The van der Waals surface area contributed by atoms with Gasteiger partial charge < -0.3 is 9.88 Å². The van der Waals surface area contributed by atoms with E-state index in [9.17, 15) is 13.2 Å². The number of hydrogen-bond acceptors (Lipinski definition) is 3. The van der Waals surface area contributed by atoms with E-state index < -0.39 is 12.6 Å². The molecule has 2 aliphatic rings. The zero-order chi connectivity index (χ0) is 20.3. The highest BCUT2D eigenvalue weighted by molar-refractivity contribution is 5.16. The Labute approximate surface area is 170 Å². The molecule has 7 heteroatoms. The third-order valence-electron chi connectivity index (χ3n) is 6.52. The van der Waals surface area contributed by atoms with Gasteiger partial charge in [-0.15, -0.1) is 0 Å². The van der Waals surface area contributed by atoms with Gasteiger partial charge >= 0.3 is 6.18 Å². The summed E-state index contributed by atoms with van der Waals surface area (Å²) >= 11 is 0. The van der Waals surface area contributed by atoms with Crippen molar-refractivity contribution < 1.29 is 13.2 Å². The van der Waals surface area contributed by atoms with Crippen LogP contribution in [0.25, 0.3) is 0 Å². The van der Waals surface area contributed by atoms with Crippen LogP contribution in [0.4, 0.5) is 13.2 Å². The first-order valence-electron chi connectivity index (χ1n) is 10.5. The standard InChI is InChI=1S/C22H29F3N4/c23-22(24,25)8-4-12-28-13-19-14-29(15-20-26-10-11-27-20)17-21(19,16-28)9-7-18-5-2-1-3-6-18/h1-3,5-6,10-11,19H,4,7-9,12-17H2,(H,26,27). The van der Waals surface area contributed by atoms with Gasteiger partial charge in [0, 0.05) is 50.4 Å². The molecule has 2 unspecified atom stereocenters. The van der Waals surface area contributed by atoms with Gasteiger partial charge in [-0.05, 0) is 37.3 Å². The minimum atomic E-state index is -4.06. The molecule has 1 aromatic heterocycles. The average Bonchev–Trinajstić information content (AvgIpc) is 3.35. The summed E-state index contributed by atoms with van der Waals surface area (Å²) in [5.74, 6) is 1.48. The van der Waals surface area contributed by atoms with Crippen molar-refractivity contribution in [2.24, 2.45) is 11.3 Å². The van der Waals surface area contributed by atoms with Gasteiger partial charge in [-0.3, -0.25) is 4.90 Å². The molecule has 2 fully saturated rings. The molecule has 4 nitrogen and oxygen atoms in total. The summed E-state index contributed by atoms with van der Waals surface area (Å²) in [5, 5.41) is 0. The van der Waals surface area contributed by atoms with Gasteiger partial charge in [-0.2, -0.15) is 13.2 Å². The van der Waals surface area contributed by atoms with Gasteiger partial charge in [0.1, 0.15) is 5.82 Å². The predicted octanol–water partition coefficient (Wildman–Crippen LogP) is 4.12. The van der Waals surface area contributed by atoms with E-state index in [1.807, 2.05) is 12.3 Å². The van der Waals surface area contributed by atoms with Crippen molar-refractivity contribution in [3.8, 4) is 0 Å². The van der Waals surface area contributed by atoms with Crippen LogP contribution < -0.4 is 0 Å². The maximum Gasteiger partial charge on any atom is 0.389 e. The molecule has 4 rings (SSSR count). The van der Waals surface area contributed by atoms with Gasteiger partial charge in [0.2, 0.25) is 0 Å². The van der Waals surface area contributed by atoms with E-state index in [0.29, 0.717) is 12.5 Å². The van der Waals surface area contributed by atoms with Crippen LogP contribution in [0.1, 0.15) is 30.7 Å². The number of H-pyrrole nitrogens is 1. The first-order valence-corrected chi connectivity index (χ1v) is 10.5. The largest absolute Gasteiger partial charge is 0.389 e. The topological polar surface area (TPSA) is 35.2 Å². The maximum absolute atomic E-state index is 12.5. The fourth-order valence-electron chi connectivity index (χ4n) is 5.19. The van der Waals surface area contributed by atoms with E-state index in [1.54, 1.807) is 6.20 Å². The van der Waals surface area contributed by atoms with Gasteiger partial charge in [0.05, 0.1) is 6.54 Å². The van der Waals surface area contributed by atoms with Crippen LogP contribution in [-0.2, 0) is 13.0 Å². The smallest absolute Gasteiger partial charge is 0.348 e. The van der Waals surface area contributed by atoms with Crippen molar-refractivity contribution in [2.75, 3.05) is 32.7 Å². The Morgan fingerprint density at radius 3 is 2.59 bits per heavy atom. The molecule has 0 amide bonds. The zero-order valence-electron chi connectivity index (χ0n) is 16.7. The Bertz CT molecular complexity index is 762. The number of rotatable bonds is 8. The van der Waals surface area contributed by atoms with Crippen LogP contribution in [0.2, 0.25) is 0 Å². The number of alkyl halides is 3. The van der Waals surface area contributed by atoms with Crippen LogP contribution in [0.3, 0.4) is 0 Å². The number of aromatic nitrogens is 2. The number of halogens is 3. The molecule has 0 saturated carbocycles. The molecule has 0 bridgehead atoms. The van der Waals surface area contributed by atoms with E-state index in [1.165, 1.54) is 5.56 Å². The van der Waals surface area contributed by atoms with Gasteiger partial charge in [-0.25, -0.2) is 4.98 Å². The maximum atomic E-state index is 12.5. The summed E-state index contributed by atoms with van der Waals surface area (Å²) < 4.78 is 37.6. The number of aromatic amines is 1. The van der Waals surface area contributed by atoms with Crippen molar-refractivity contribution in [3.05, 3.63) is 54.1 Å². The van der Waals surface area contributed by atoms with Crippen molar-refractivity contribution >= 4 is 0 Å². The summed E-state index contributed by atoms with van der Waals surface area (Å²) in [6.45, 7) is 5.14. The second-order valence-electron chi connectivity index (χ2n) is 8.70. The monoisotopic (exact) mass is 406 g/mol. The molecule has 2 aromatic rings. The van der Waals surface area contributed by atoms with E-state index in [0.717, 1.165) is 51.4 Å². The average molecular weight is 406 g/mol. The Balaban J connectivity index is 1.40. The lowest BCUT2D eigenvalue weighted by molar-refractivity contribution is -0.136. The third-order valence-corrected chi connectivity index (χ3v) is 6.52. The highest BCUT2D eigenvalue weighted by Crippen LogP contribution is 2.46. The second kappa shape index (κ2) is 8.48. The minimum absolute atomic E-state index is 0.153. The van der Waals surface area contributed by atoms with Gasteiger partial charge in [0.15, 0.2) is 0 Å². The second-order valence-corrected chi connectivity index (χ2v) is 8.70. The third kappa shape index (κ3) is 5.20. The van der Waals surface area contributed by atoms with E-state index in [4.69, 9.17) is 0 Å². The quantitative estimate of drug-likeness (QED) is 0.716. The van der Waals surface area contributed by atoms with Crippen LogP contribution >= 0.6 is 0 Å². The molecule has 2 aliphatic heterocycles. The molecule has 0 radical (unpaired) electrons. The molecule has 1 aromatic carbocycles. The fourth-order valence-corrected chi connectivity index (χ4v) is 5.19. The Kier molecular flexibility index (Phi) is 5.97. The van der Waals surface area contributed by atoms with Crippen molar-refractivity contribution in [1.29, 1.82) is 0 Å². The molecule has 3 heterocycles. The van der Waals surface area contributed by atoms with Crippen molar-refractivity contribution in [1.82, 2.24) is 19.8 Å². The van der Waals surface area contributed by atoms with Crippen LogP contribution in [0, 0.1) is 11.3 Å². The summed E-state index contributed by atoms with van der Waals surface area (Å²) in [6.07, 6.45) is 1.17. The van der Waals surface area contributed by atoms with E-state index >= 15 is 0 Å². The summed E-state index contributed by atoms with van der Waals surface area (Å²) in [4.78, 5) is 12.3. The normalized spacial score (nSPS) is 25.6. The number of nitrogens with one attached hydrogen (secondary N) is 1. The summed E-state index contributed by atoms with van der Waals surface area (Å²) in [5.41, 5.74) is 1.49. The van der Waals surface area contributed by atoms with Crippen LogP contribution in [0.5, 0.6) is 0 Å². The number of likely N-dealkylation sites (tertiary alicyclic amines) is 2. The number of imidazole rings is 1. The molecule has 0 aliphatic carbocycles. The van der Waals surface area contributed by atoms with Crippen molar-refractivity contribution in [2.45, 2.75) is 38.4 Å². The molecule has 0 spiro atoms. The molecular formula is C22H29F3N4. The first kappa shape index (κ1) is 20.4. The molecular weight excluding hydrogens is 377 g/mol. The minimum Gasteiger partial charge on any atom is -0.348 e. The Hall–Kier alpha value is -1.86. The zero-order valence-corrected chi connectivity index (χ0v) is 16.7. The Morgan fingerprint density at radius 1 is 1.10 bits per heavy atom. The lowest BCUT2D eigenvalue weighted by Gasteiger charge is -2.30. The highest BCUT2D eigenvalue weighted by Gasteiger charge is 2.51. The SMILES string of the molecule is FC(F)(F)CCCN1CC2CN(Cc3ncc[nH]3)CC2(CCc2ccccc2)C1. The first-order chi connectivity index (χ1) is 13.9. The molecule has 29 heavy (non-hydrogen) atoms. The number of benzene rings is 1. The number of nitrogens with zero attached hydrogens (tertiary/aromatic N) is 3. The lowest BCUT2D eigenvalue weighted by atomic mass is 9.76. The summed E-state index contributed by atoms with van der Waals surface area (Å²) in [7, 11) is 0. The number of fused-ring (bicyclic) bond motifs is 1. The number of aryl methyl sites for hydroxylation is 1. The highest BCUT2D eigenvalue weighted by atomic mass is 19.4. The molecule has 1 N–H and O–H groups in total. The van der Waals surface area contributed by atoms with E-state index in [-0.39, 0.29) is 11.8 Å². The van der Waals surface area contributed by atoms with E-state index in [2.05, 4.69) is 44.0 Å². The van der Waals surface area contributed by atoms with Gasteiger partial charge in [-0.1, -0.05) is 30.3 Å². The Morgan fingerprint density at radius 2 is 1.86 bits per heavy atom. The molecule has 158 valence electrons.